The van der Waals surface area contributed by atoms with E-state index in [1.165, 1.54) is 10.8 Å². The van der Waals surface area contributed by atoms with Gasteiger partial charge in [0.05, 0.1) is 6.10 Å². The number of hydrogen-bond donors (Lipinski definition) is 0. The average Bonchev–Trinajstić information content (AvgIpc) is 2.86. The molecule has 0 spiro atoms. The van der Waals surface area contributed by atoms with Crippen molar-refractivity contribution in [3.63, 3.8) is 0 Å². The van der Waals surface area contributed by atoms with Crippen LogP contribution in [0.15, 0.2) is 23.3 Å². The minimum absolute atomic E-state index is 0.141. The van der Waals surface area contributed by atoms with Crippen LogP contribution in [-0.2, 0) is 14.3 Å². The molecule has 2 heterocycles. The zero-order chi connectivity index (χ0) is 13.7. The van der Waals surface area contributed by atoms with E-state index in [9.17, 15) is 9.59 Å². The van der Waals surface area contributed by atoms with Crippen molar-refractivity contribution in [3.05, 3.63) is 28.9 Å². The number of carbonyl (C=O) groups excluding carboxylic acids is 1. The maximum Gasteiger partial charge on any atom is 0.349 e. The Morgan fingerprint density at radius 3 is 3.16 bits per heavy atom. The zero-order valence-corrected chi connectivity index (χ0v) is 10.9. The van der Waals surface area contributed by atoms with Crippen molar-refractivity contribution >= 4 is 5.97 Å². The minimum atomic E-state index is -0.323. The van der Waals surface area contributed by atoms with Gasteiger partial charge in [-0.15, -0.1) is 0 Å². The molecule has 0 unspecified atom stereocenters. The third-order valence-corrected chi connectivity index (χ3v) is 3.02. The maximum atomic E-state index is 11.6. The average molecular weight is 266 g/mol. The van der Waals surface area contributed by atoms with Gasteiger partial charge in [0.15, 0.2) is 0 Å². The van der Waals surface area contributed by atoms with E-state index in [4.69, 9.17) is 9.47 Å². The van der Waals surface area contributed by atoms with Gasteiger partial charge in [-0.3, -0.25) is 9.36 Å². The molecule has 1 aliphatic heterocycles. The topological polar surface area (TPSA) is 70.4 Å². The van der Waals surface area contributed by atoms with Gasteiger partial charge in [-0.2, -0.15) is 0 Å². The molecule has 0 N–H and O–H groups in total. The molecule has 0 bridgehead atoms. The Balaban J connectivity index is 1.85. The fourth-order valence-corrected chi connectivity index (χ4v) is 2.06. The molecular weight excluding hydrogens is 248 g/mol. The van der Waals surface area contributed by atoms with Crippen molar-refractivity contribution in [2.75, 3.05) is 6.61 Å². The summed E-state index contributed by atoms with van der Waals surface area (Å²) >= 11 is 0. The number of esters is 1. The van der Waals surface area contributed by atoms with Crippen LogP contribution in [0.3, 0.4) is 0 Å². The monoisotopic (exact) mass is 266 g/mol. The molecule has 2 atom stereocenters. The lowest BCUT2D eigenvalue weighted by atomic mass is 10.2. The van der Waals surface area contributed by atoms with Gasteiger partial charge in [-0.25, -0.2) is 9.78 Å². The fraction of sp³-hybridized carbons (Fsp3) is 0.615. The second-order valence-corrected chi connectivity index (χ2v) is 4.53. The van der Waals surface area contributed by atoms with E-state index in [-0.39, 0.29) is 30.6 Å². The third-order valence-electron chi connectivity index (χ3n) is 3.02. The van der Waals surface area contributed by atoms with Crippen LogP contribution < -0.4 is 5.69 Å². The minimum Gasteiger partial charge on any atom is -0.463 e. The molecule has 6 heteroatoms. The number of aromatic nitrogens is 2. The van der Waals surface area contributed by atoms with E-state index in [1.807, 2.05) is 6.92 Å². The van der Waals surface area contributed by atoms with Crippen LogP contribution in [0.5, 0.6) is 0 Å². The third kappa shape index (κ3) is 3.64. The summed E-state index contributed by atoms with van der Waals surface area (Å²) in [4.78, 5) is 26.5. The Labute approximate surface area is 111 Å². The van der Waals surface area contributed by atoms with Crippen molar-refractivity contribution < 1.29 is 14.3 Å². The Morgan fingerprint density at radius 1 is 1.58 bits per heavy atom. The summed E-state index contributed by atoms with van der Waals surface area (Å²) in [5.74, 6) is -0.201. The van der Waals surface area contributed by atoms with E-state index in [1.54, 1.807) is 12.3 Å². The highest BCUT2D eigenvalue weighted by molar-refractivity contribution is 5.69. The Bertz CT molecular complexity index is 486. The SMILES string of the molecule is CCCC(=O)OC[C@H]1CC[C@H](n2cccnc2=O)O1. The first kappa shape index (κ1) is 13.7. The van der Waals surface area contributed by atoms with Gasteiger partial charge in [-0.1, -0.05) is 6.92 Å². The molecule has 0 aliphatic carbocycles. The number of ether oxygens (including phenoxy) is 2. The lowest BCUT2D eigenvalue weighted by Gasteiger charge is -2.15. The zero-order valence-electron chi connectivity index (χ0n) is 10.9. The molecular formula is C13H18N2O4. The molecule has 0 aromatic carbocycles. The van der Waals surface area contributed by atoms with Crippen LogP contribution in [0.4, 0.5) is 0 Å². The van der Waals surface area contributed by atoms with Gasteiger partial charge in [0.1, 0.15) is 12.8 Å². The highest BCUT2D eigenvalue weighted by Gasteiger charge is 2.28. The smallest absolute Gasteiger partial charge is 0.349 e. The predicted molar refractivity (Wildman–Crippen MR) is 67.5 cm³/mol. The highest BCUT2D eigenvalue weighted by atomic mass is 16.6. The number of nitrogens with zero attached hydrogens (tertiary/aromatic N) is 2. The highest BCUT2D eigenvalue weighted by Crippen LogP contribution is 2.27. The summed E-state index contributed by atoms with van der Waals surface area (Å²) in [7, 11) is 0. The summed E-state index contributed by atoms with van der Waals surface area (Å²) < 4.78 is 12.3. The van der Waals surface area contributed by atoms with Crippen molar-refractivity contribution in [3.8, 4) is 0 Å². The second kappa shape index (κ2) is 6.47. The molecule has 1 aromatic rings. The van der Waals surface area contributed by atoms with Gasteiger partial charge < -0.3 is 9.47 Å². The lowest BCUT2D eigenvalue weighted by Crippen LogP contribution is -2.27. The van der Waals surface area contributed by atoms with Gasteiger partial charge >= 0.3 is 11.7 Å². The van der Waals surface area contributed by atoms with Gasteiger partial charge in [0, 0.05) is 18.8 Å². The summed E-state index contributed by atoms with van der Waals surface area (Å²) in [6, 6.07) is 1.69. The van der Waals surface area contributed by atoms with Gasteiger partial charge in [-0.05, 0) is 25.3 Å². The van der Waals surface area contributed by atoms with E-state index in [0.717, 1.165) is 19.3 Å². The Hall–Kier alpha value is -1.69. The van der Waals surface area contributed by atoms with E-state index >= 15 is 0 Å². The molecule has 1 aliphatic rings. The van der Waals surface area contributed by atoms with E-state index in [2.05, 4.69) is 4.98 Å². The standard InChI is InChI=1S/C13H18N2O4/c1-2-4-12(16)18-9-10-5-6-11(19-10)15-8-3-7-14-13(15)17/h3,7-8,10-11H,2,4-6,9H2,1H3/t10-,11-/m1/s1. The van der Waals surface area contributed by atoms with Crippen LogP contribution in [0.1, 0.15) is 38.8 Å². The molecule has 19 heavy (non-hydrogen) atoms. The van der Waals surface area contributed by atoms with Gasteiger partial charge in [0.25, 0.3) is 0 Å². The Morgan fingerprint density at radius 2 is 2.42 bits per heavy atom. The molecule has 1 aromatic heterocycles. The van der Waals surface area contributed by atoms with Crippen LogP contribution in [0.25, 0.3) is 0 Å². The lowest BCUT2D eigenvalue weighted by molar-refractivity contribution is -0.148. The summed E-state index contributed by atoms with van der Waals surface area (Å²) in [5.41, 5.74) is -0.323. The Kier molecular flexibility index (Phi) is 4.68. The first-order valence-corrected chi connectivity index (χ1v) is 6.55. The summed E-state index contributed by atoms with van der Waals surface area (Å²) in [6.07, 6.45) is 5.36. The predicted octanol–water partition coefficient (Wildman–Crippen LogP) is 1.26. The normalized spacial score (nSPS) is 22.4. The number of carbonyl (C=O) groups is 1. The first-order chi connectivity index (χ1) is 9.20. The van der Waals surface area contributed by atoms with E-state index in [0.29, 0.717) is 6.42 Å². The molecule has 0 saturated carbocycles. The molecule has 1 saturated heterocycles. The van der Waals surface area contributed by atoms with Gasteiger partial charge in [0.2, 0.25) is 0 Å². The van der Waals surface area contributed by atoms with Crippen LogP contribution in [0.2, 0.25) is 0 Å². The molecule has 0 radical (unpaired) electrons. The molecule has 1 fully saturated rings. The molecule has 2 rings (SSSR count). The molecule has 0 amide bonds. The van der Waals surface area contributed by atoms with Crippen molar-refractivity contribution in [2.45, 2.75) is 44.9 Å². The van der Waals surface area contributed by atoms with Crippen molar-refractivity contribution in [1.82, 2.24) is 9.55 Å². The van der Waals surface area contributed by atoms with Crippen LogP contribution in [-0.4, -0.2) is 28.2 Å². The summed E-state index contributed by atoms with van der Waals surface area (Å²) in [5, 5.41) is 0. The first-order valence-electron chi connectivity index (χ1n) is 6.55. The van der Waals surface area contributed by atoms with Crippen molar-refractivity contribution in [2.24, 2.45) is 0 Å². The number of hydrogen-bond acceptors (Lipinski definition) is 5. The second-order valence-electron chi connectivity index (χ2n) is 4.53. The van der Waals surface area contributed by atoms with Crippen LogP contribution >= 0.6 is 0 Å². The van der Waals surface area contributed by atoms with Crippen molar-refractivity contribution in [1.29, 1.82) is 0 Å². The fourth-order valence-electron chi connectivity index (χ4n) is 2.06. The number of rotatable bonds is 5. The quantitative estimate of drug-likeness (QED) is 0.750. The largest absolute Gasteiger partial charge is 0.463 e. The molecule has 104 valence electrons. The molecule has 6 nitrogen and oxygen atoms in total. The van der Waals surface area contributed by atoms with Crippen LogP contribution in [0, 0.1) is 0 Å². The van der Waals surface area contributed by atoms with E-state index < -0.39 is 0 Å². The summed E-state index contributed by atoms with van der Waals surface area (Å²) in [6.45, 7) is 2.18. The maximum absolute atomic E-state index is 11.6.